The van der Waals surface area contributed by atoms with Crippen LogP contribution >= 0.6 is 0 Å². The number of sulfonamides is 1. The molecule has 0 radical (unpaired) electrons. The molecule has 132 valence electrons. The predicted octanol–water partition coefficient (Wildman–Crippen LogP) is 2.63. The molecule has 2 aromatic rings. The number of rotatable bonds is 5. The molecule has 2 aromatic carbocycles. The van der Waals surface area contributed by atoms with Gasteiger partial charge in [0, 0.05) is 25.2 Å². The molecule has 6 heteroatoms. The van der Waals surface area contributed by atoms with E-state index in [4.69, 9.17) is 0 Å². The molecule has 1 amide bonds. The number of carbonyl (C=O) groups is 1. The fraction of sp³-hybridized carbons (Fsp3) is 0.316. The van der Waals surface area contributed by atoms with Crippen LogP contribution in [0.5, 0.6) is 0 Å². The minimum Gasteiger partial charge on any atom is -0.312 e. The Kier molecular flexibility index (Phi) is 4.92. The van der Waals surface area contributed by atoms with Crippen molar-refractivity contribution < 1.29 is 13.2 Å². The van der Waals surface area contributed by atoms with Gasteiger partial charge in [-0.25, -0.2) is 13.1 Å². The zero-order chi connectivity index (χ0) is 18.0. The van der Waals surface area contributed by atoms with E-state index in [1.165, 1.54) is 0 Å². The first-order valence-electron chi connectivity index (χ1n) is 8.28. The molecule has 0 bridgehead atoms. The zero-order valence-electron chi connectivity index (χ0n) is 14.4. The first kappa shape index (κ1) is 17.6. The maximum Gasteiger partial charge on any atom is 0.240 e. The number of amides is 1. The van der Waals surface area contributed by atoms with E-state index in [-0.39, 0.29) is 23.3 Å². The second-order valence-corrected chi connectivity index (χ2v) is 8.34. The van der Waals surface area contributed by atoms with Crippen molar-refractivity contribution in [2.45, 2.75) is 25.2 Å². The van der Waals surface area contributed by atoms with Gasteiger partial charge in [0.05, 0.1) is 4.90 Å². The van der Waals surface area contributed by atoms with E-state index < -0.39 is 10.0 Å². The number of hydrogen-bond acceptors (Lipinski definition) is 3. The molecular weight excluding hydrogens is 336 g/mol. The number of carbonyl (C=O) groups excluding carboxylic acids is 1. The van der Waals surface area contributed by atoms with Gasteiger partial charge < -0.3 is 4.90 Å². The second-order valence-electron chi connectivity index (χ2n) is 6.57. The topological polar surface area (TPSA) is 66.5 Å². The number of benzene rings is 2. The standard InChI is InChI=1S/C19H22N2O3S/c1-14-3-7-17(8-4-14)21-13-16(11-19(21)22)12-20-25(23,24)18-9-5-15(2)6-10-18/h3-10,16,20H,11-13H2,1-2H3/t16-/m0/s1. The van der Waals surface area contributed by atoms with Gasteiger partial charge in [0.2, 0.25) is 15.9 Å². The van der Waals surface area contributed by atoms with Crippen LogP contribution < -0.4 is 9.62 Å². The molecule has 5 nitrogen and oxygen atoms in total. The normalized spacial score (nSPS) is 17.9. The van der Waals surface area contributed by atoms with Crippen molar-refractivity contribution in [3.8, 4) is 0 Å². The molecule has 1 aliphatic heterocycles. The van der Waals surface area contributed by atoms with E-state index in [9.17, 15) is 13.2 Å². The lowest BCUT2D eigenvalue weighted by molar-refractivity contribution is -0.117. The van der Waals surface area contributed by atoms with Crippen LogP contribution in [-0.4, -0.2) is 27.4 Å². The minimum atomic E-state index is -3.55. The van der Waals surface area contributed by atoms with E-state index in [2.05, 4.69) is 4.72 Å². The summed E-state index contributed by atoms with van der Waals surface area (Å²) < 4.78 is 27.4. The van der Waals surface area contributed by atoms with E-state index in [0.717, 1.165) is 16.8 Å². The molecular formula is C19H22N2O3S. The van der Waals surface area contributed by atoms with Crippen molar-refractivity contribution in [2.24, 2.45) is 5.92 Å². The van der Waals surface area contributed by atoms with Gasteiger partial charge in [0.15, 0.2) is 0 Å². The largest absolute Gasteiger partial charge is 0.312 e. The Morgan fingerprint density at radius 1 is 1.00 bits per heavy atom. The Morgan fingerprint density at radius 3 is 2.16 bits per heavy atom. The summed E-state index contributed by atoms with van der Waals surface area (Å²) in [6, 6.07) is 14.5. The summed E-state index contributed by atoms with van der Waals surface area (Å²) >= 11 is 0. The second kappa shape index (κ2) is 6.98. The highest BCUT2D eigenvalue weighted by atomic mass is 32.2. The summed E-state index contributed by atoms with van der Waals surface area (Å²) in [7, 11) is -3.55. The summed E-state index contributed by atoms with van der Waals surface area (Å²) in [4.78, 5) is 14.2. The Hall–Kier alpha value is -2.18. The molecule has 0 spiro atoms. The highest BCUT2D eigenvalue weighted by Crippen LogP contribution is 2.25. The Morgan fingerprint density at radius 2 is 1.56 bits per heavy atom. The van der Waals surface area contributed by atoms with Crippen molar-refractivity contribution in [3.05, 3.63) is 59.7 Å². The van der Waals surface area contributed by atoms with Crippen molar-refractivity contribution >= 4 is 21.6 Å². The van der Waals surface area contributed by atoms with Crippen LogP contribution in [0.2, 0.25) is 0 Å². The van der Waals surface area contributed by atoms with Gasteiger partial charge in [-0.15, -0.1) is 0 Å². The van der Waals surface area contributed by atoms with Gasteiger partial charge in [0.1, 0.15) is 0 Å². The summed E-state index contributed by atoms with van der Waals surface area (Å²) in [5.41, 5.74) is 3.01. The van der Waals surface area contributed by atoms with Crippen LogP contribution in [-0.2, 0) is 14.8 Å². The van der Waals surface area contributed by atoms with Gasteiger partial charge in [-0.1, -0.05) is 35.4 Å². The molecule has 0 unspecified atom stereocenters. The van der Waals surface area contributed by atoms with Gasteiger partial charge in [-0.05, 0) is 44.0 Å². The predicted molar refractivity (Wildman–Crippen MR) is 98.0 cm³/mol. The summed E-state index contributed by atoms with van der Waals surface area (Å²) in [6.45, 7) is 4.69. The molecule has 1 heterocycles. The molecule has 3 rings (SSSR count). The number of hydrogen-bond donors (Lipinski definition) is 1. The van der Waals surface area contributed by atoms with Gasteiger partial charge >= 0.3 is 0 Å². The smallest absolute Gasteiger partial charge is 0.240 e. The lowest BCUT2D eigenvalue weighted by Crippen LogP contribution is -2.31. The van der Waals surface area contributed by atoms with Crippen LogP contribution in [0.3, 0.4) is 0 Å². The summed E-state index contributed by atoms with van der Waals surface area (Å²) in [5.74, 6) is -0.00240. The summed E-state index contributed by atoms with van der Waals surface area (Å²) in [6.07, 6.45) is 0.351. The van der Waals surface area contributed by atoms with Crippen LogP contribution in [0, 0.1) is 19.8 Å². The Labute approximate surface area is 148 Å². The van der Waals surface area contributed by atoms with E-state index in [1.807, 2.05) is 38.1 Å². The lowest BCUT2D eigenvalue weighted by Gasteiger charge is -2.17. The number of nitrogens with one attached hydrogen (secondary N) is 1. The van der Waals surface area contributed by atoms with Crippen LogP contribution in [0.25, 0.3) is 0 Å². The average molecular weight is 358 g/mol. The van der Waals surface area contributed by atoms with Crippen molar-refractivity contribution in [2.75, 3.05) is 18.0 Å². The quantitative estimate of drug-likeness (QED) is 0.893. The molecule has 1 aliphatic rings. The Bertz CT molecular complexity index is 859. The lowest BCUT2D eigenvalue weighted by atomic mass is 10.1. The summed E-state index contributed by atoms with van der Waals surface area (Å²) in [5, 5.41) is 0. The molecule has 0 aromatic heterocycles. The third kappa shape index (κ3) is 4.08. The van der Waals surface area contributed by atoms with Crippen molar-refractivity contribution in [3.63, 3.8) is 0 Å². The van der Waals surface area contributed by atoms with E-state index in [0.29, 0.717) is 13.0 Å². The third-order valence-electron chi connectivity index (χ3n) is 4.44. The monoisotopic (exact) mass is 358 g/mol. The minimum absolute atomic E-state index is 0.0309. The zero-order valence-corrected chi connectivity index (χ0v) is 15.2. The number of anilines is 1. The molecule has 0 saturated carbocycles. The van der Waals surface area contributed by atoms with Crippen LogP contribution in [0.4, 0.5) is 5.69 Å². The third-order valence-corrected chi connectivity index (χ3v) is 5.88. The van der Waals surface area contributed by atoms with E-state index in [1.54, 1.807) is 29.2 Å². The Balaban J connectivity index is 1.63. The van der Waals surface area contributed by atoms with E-state index >= 15 is 0 Å². The first-order valence-corrected chi connectivity index (χ1v) is 9.77. The van der Waals surface area contributed by atoms with Crippen molar-refractivity contribution in [1.29, 1.82) is 0 Å². The first-order chi connectivity index (χ1) is 11.8. The SMILES string of the molecule is Cc1ccc(N2C[C@H](CNS(=O)(=O)c3ccc(C)cc3)CC2=O)cc1. The van der Waals surface area contributed by atoms with Crippen LogP contribution in [0.1, 0.15) is 17.5 Å². The highest BCUT2D eigenvalue weighted by Gasteiger charge is 2.31. The molecule has 25 heavy (non-hydrogen) atoms. The van der Waals surface area contributed by atoms with Gasteiger partial charge in [0.25, 0.3) is 0 Å². The van der Waals surface area contributed by atoms with Crippen molar-refractivity contribution in [1.82, 2.24) is 4.72 Å². The number of nitrogens with zero attached hydrogens (tertiary/aromatic N) is 1. The van der Waals surface area contributed by atoms with Crippen LogP contribution in [0.15, 0.2) is 53.4 Å². The molecule has 1 N–H and O–H groups in total. The maximum absolute atomic E-state index is 12.4. The maximum atomic E-state index is 12.4. The fourth-order valence-corrected chi connectivity index (χ4v) is 4.04. The molecule has 1 atom stereocenters. The molecule has 1 saturated heterocycles. The number of aryl methyl sites for hydroxylation is 2. The average Bonchev–Trinajstić information content (AvgIpc) is 2.95. The fourth-order valence-electron chi connectivity index (χ4n) is 2.92. The highest BCUT2D eigenvalue weighted by molar-refractivity contribution is 7.89. The van der Waals surface area contributed by atoms with Gasteiger partial charge in [-0.2, -0.15) is 0 Å². The molecule has 0 aliphatic carbocycles. The molecule has 1 fully saturated rings. The van der Waals surface area contributed by atoms with Gasteiger partial charge in [-0.3, -0.25) is 4.79 Å².